The molecule has 1 heterocycles. The molecule has 0 bridgehead atoms. The maximum atomic E-state index is 12.2. The Hall–Kier alpha value is -1.35. The SMILES string of the molecule is CCCS(=O)(=O)N1CCC(NC(=NCC(O)c2ccc(Cl)cc2)NCC)CC1. The number of piperidine rings is 1. The van der Waals surface area contributed by atoms with Gasteiger partial charge in [0, 0.05) is 30.7 Å². The van der Waals surface area contributed by atoms with Gasteiger partial charge in [0.15, 0.2) is 5.96 Å². The summed E-state index contributed by atoms with van der Waals surface area (Å²) in [6.07, 6.45) is 1.38. The van der Waals surface area contributed by atoms with E-state index in [1.165, 1.54) is 0 Å². The van der Waals surface area contributed by atoms with Gasteiger partial charge in [0.25, 0.3) is 0 Å². The van der Waals surface area contributed by atoms with Crippen LogP contribution >= 0.6 is 11.6 Å². The van der Waals surface area contributed by atoms with Gasteiger partial charge in [-0.2, -0.15) is 0 Å². The van der Waals surface area contributed by atoms with Crippen molar-refractivity contribution >= 4 is 27.6 Å². The summed E-state index contributed by atoms with van der Waals surface area (Å²) in [5, 5.41) is 17.5. The molecular weight excluding hydrogens is 400 g/mol. The zero-order valence-corrected chi connectivity index (χ0v) is 18.1. The van der Waals surface area contributed by atoms with Gasteiger partial charge in [-0.1, -0.05) is 30.7 Å². The first-order valence-electron chi connectivity index (χ1n) is 9.82. The Balaban J connectivity index is 1.90. The number of aliphatic hydroxyl groups is 1. The van der Waals surface area contributed by atoms with Crippen LogP contribution in [0.2, 0.25) is 5.02 Å². The fraction of sp³-hybridized carbons (Fsp3) is 0.632. The highest BCUT2D eigenvalue weighted by Gasteiger charge is 2.27. The topological polar surface area (TPSA) is 94.0 Å². The number of rotatable bonds is 8. The first-order valence-corrected chi connectivity index (χ1v) is 11.8. The largest absolute Gasteiger partial charge is 0.386 e. The van der Waals surface area contributed by atoms with Crippen molar-refractivity contribution in [2.45, 2.75) is 45.3 Å². The maximum Gasteiger partial charge on any atom is 0.214 e. The molecule has 1 aliphatic rings. The molecule has 158 valence electrons. The predicted octanol–water partition coefficient (Wildman–Crippen LogP) is 2.13. The lowest BCUT2D eigenvalue weighted by atomic mass is 10.1. The summed E-state index contributed by atoms with van der Waals surface area (Å²) in [4.78, 5) is 4.48. The first-order chi connectivity index (χ1) is 13.4. The van der Waals surface area contributed by atoms with Gasteiger partial charge in [-0.3, -0.25) is 4.99 Å². The molecule has 0 aromatic heterocycles. The lowest BCUT2D eigenvalue weighted by molar-refractivity contribution is 0.187. The van der Waals surface area contributed by atoms with E-state index in [0.717, 1.165) is 18.4 Å². The molecule has 1 atom stereocenters. The van der Waals surface area contributed by atoms with E-state index < -0.39 is 16.1 Å². The van der Waals surface area contributed by atoms with E-state index in [-0.39, 0.29) is 18.3 Å². The molecule has 1 aliphatic heterocycles. The third kappa shape index (κ3) is 6.92. The molecule has 7 nitrogen and oxygen atoms in total. The van der Waals surface area contributed by atoms with Crippen molar-refractivity contribution in [1.29, 1.82) is 0 Å². The summed E-state index contributed by atoms with van der Waals surface area (Å²) < 4.78 is 26.0. The lowest BCUT2D eigenvalue weighted by Gasteiger charge is -2.32. The number of hydrogen-bond acceptors (Lipinski definition) is 4. The summed E-state index contributed by atoms with van der Waals surface area (Å²) in [6, 6.07) is 7.21. The van der Waals surface area contributed by atoms with Crippen LogP contribution in [0.25, 0.3) is 0 Å². The summed E-state index contributed by atoms with van der Waals surface area (Å²) in [6.45, 7) is 5.82. The highest BCUT2D eigenvalue weighted by Crippen LogP contribution is 2.17. The minimum absolute atomic E-state index is 0.151. The van der Waals surface area contributed by atoms with E-state index in [1.807, 2.05) is 13.8 Å². The highest BCUT2D eigenvalue weighted by molar-refractivity contribution is 7.89. The van der Waals surface area contributed by atoms with E-state index in [9.17, 15) is 13.5 Å². The Kier molecular flexibility index (Phi) is 9.01. The van der Waals surface area contributed by atoms with Crippen LogP contribution in [-0.4, -0.2) is 61.8 Å². The number of sulfonamides is 1. The van der Waals surface area contributed by atoms with Crippen LogP contribution in [-0.2, 0) is 10.0 Å². The van der Waals surface area contributed by atoms with Gasteiger partial charge in [-0.15, -0.1) is 0 Å². The van der Waals surface area contributed by atoms with Gasteiger partial charge in [0.2, 0.25) is 10.0 Å². The molecule has 1 fully saturated rings. The first kappa shape index (κ1) is 22.9. The number of aliphatic imine (C=N–C) groups is 1. The van der Waals surface area contributed by atoms with Gasteiger partial charge in [-0.25, -0.2) is 12.7 Å². The molecule has 1 unspecified atom stereocenters. The Bertz CT molecular complexity index is 732. The van der Waals surface area contributed by atoms with E-state index in [0.29, 0.717) is 37.0 Å². The number of halogens is 1. The molecule has 28 heavy (non-hydrogen) atoms. The molecule has 9 heteroatoms. The number of aliphatic hydroxyl groups excluding tert-OH is 1. The van der Waals surface area contributed by atoms with Gasteiger partial charge in [-0.05, 0) is 43.9 Å². The van der Waals surface area contributed by atoms with Crippen molar-refractivity contribution in [2.75, 3.05) is 31.9 Å². The van der Waals surface area contributed by atoms with Crippen LogP contribution in [0, 0.1) is 0 Å². The van der Waals surface area contributed by atoms with E-state index in [2.05, 4.69) is 15.6 Å². The molecule has 1 aromatic carbocycles. The molecule has 0 amide bonds. The van der Waals surface area contributed by atoms with Gasteiger partial charge in [0.1, 0.15) is 0 Å². The smallest absolute Gasteiger partial charge is 0.214 e. The fourth-order valence-electron chi connectivity index (χ4n) is 3.15. The maximum absolute atomic E-state index is 12.2. The molecule has 0 saturated carbocycles. The Morgan fingerprint density at radius 3 is 2.50 bits per heavy atom. The standard InChI is InChI=1S/C19H31ClN4O3S/c1-3-13-28(26,27)24-11-9-17(10-12-24)23-19(21-4-2)22-14-18(25)15-5-7-16(20)8-6-15/h5-8,17-18,25H,3-4,9-14H2,1-2H3,(H2,21,22,23). The summed E-state index contributed by atoms with van der Waals surface area (Å²) in [5.74, 6) is 0.836. The number of nitrogens with zero attached hydrogens (tertiary/aromatic N) is 2. The average Bonchev–Trinajstić information content (AvgIpc) is 2.67. The van der Waals surface area contributed by atoms with Crippen molar-refractivity contribution in [1.82, 2.24) is 14.9 Å². The van der Waals surface area contributed by atoms with Crippen molar-refractivity contribution < 1.29 is 13.5 Å². The molecular formula is C19H31ClN4O3S. The predicted molar refractivity (Wildman–Crippen MR) is 114 cm³/mol. The van der Waals surface area contributed by atoms with Crippen LogP contribution in [0.5, 0.6) is 0 Å². The van der Waals surface area contributed by atoms with Crippen LogP contribution in [0.15, 0.2) is 29.3 Å². The van der Waals surface area contributed by atoms with E-state index >= 15 is 0 Å². The minimum atomic E-state index is -3.13. The van der Waals surface area contributed by atoms with Crippen molar-refractivity contribution in [3.63, 3.8) is 0 Å². The Morgan fingerprint density at radius 1 is 1.29 bits per heavy atom. The van der Waals surface area contributed by atoms with Crippen LogP contribution in [0.1, 0.15) is 44.8 Å². The zero-order chi connectivity index (χ0) is 20.6. The Labute approximate surface area is 173 Å². The summed E-state index contributed by atoms with van der Waals surface area (Å²) in [7, 11) is -3.13. The summed E-state index contributed by atoms with van der Waals surface area (Å²) >= 11 is 5.88. The monoisotopic (exact) mass is 430 g/mol. The quantitative estimate of drug-likeness (QED) is 0.434. The average molecular weight is 431 g/mol. The van der Waals surface area contributed by atoms with Crippen molar-refractivity contribution in [3.8, 4) is 0 Å². The lowest BCUT2D eigenvalue weighted by Crippen LogP contribution is -2.50. The van der Waals surface area contributed by atoms with Crippen LogP contribution in [0.3, 0.4) is 0 Å². The molecule has 1 aromatic rings. The van der Waals surface area contributed by atoms with Crippen molar-refractivity contribution in [2.24, 2.45) is 4.99 Å². The normalized spacial score (nSPS) is 18.1. The molecule has 3 N–H and O–H groups in total. The second kappa shape index (κ2) is 11.0. The summed E-state index contributed by atoms with van der Waals surface area (Å²) in [5.41, 5.74) is 0.762. The second-order valence-electron chi connectivity index (χ2n) is 6.92. The molecule has 0 radical (unpaired) electrons. The molecule has 2 rings (SSSR count). The fourth-order valence-corrected chi connectivity index (χ4v) is 4.81. The Morgan fingerprint density at radius 2 is 1.93 bits per heavy atom. The number of nitrogens with one attached hydrogen (secondary N) is 2. The third-order valence-corrected chi connectivity index (χ3v) is 7.00. The number of hydrogen-bond donors (Lipinski definition) is 3. The van der Waals surface area contributed by atoms with Crippen LogP contribution < -0.4 is 10.6 Å². The van der Waals surface area contributed by atoms with Crippen LogP contribution in [0.4, 0.5) is 0 Å². The minimum Gasteiger partial charge on any atom is -0.386 e. The van der Waals surface area contributed by atoms with Gasteiger partial charge in [0.05, 0.1) is 18.4 Å². The van der Waals surface area contributed by atoms with Gasteiger partial charge >= 0.3 is 0 Å². The third-order valence-electron chi connectivity index (χ3n) is 4.67. The van der Waals surface area contributed by atoms with Gasteiger partial charge < -0.3 is 15.7 Å². The van der Waals surface area contributed by atoms with Crippen molar-refractivity contribution in [3.05, 3.63) is 34.9 Å². The number of benzene rings is 1. The number of guanidine groups is 1. The van der Waals surface area contributed by atoms with E-state index in [4.69, 9.17) is 11.6 Å². The molecule has 0 spiro atoms. The second-order valence-corrected chi connectivity index (χ2v) is 9.45. The zero-order valence-electron chi connectivity index (χ0n) is 16.6. The molecule has 0 aliphatic carbocycles. The van der Waals surface area contributed by atoms with E-state index in [1.54, 1.807) is 28.6 Å². The molecule has 1 saturated heterocycles. The highest BCUT2D eigenvalue weighted by atomic mass is 35.5.